The van der Waals surface area contributed by atoms with E-state index in [4.69, 9.17) is 18.4 Å². The Morgan fingerprint density at radius 3 is 1.68 bits per heavy atom. The SMILES string of the molecule is CCCCCCCCCCCCN(CCC[Si](OC)(OC)OC)CCC(=O)O. The molecule has 0 aromatic rings. The summed E-state index contributed by atoms with van der Waals surface area (Å²) in [6, 6.07) is 0.748. The Hall–Kier alpha value is -0.473. The van der Waals surface area contributed by atoms with E-state index in [2.05, 4.69) is 11.8 Å². The number of carbonyl (C=O) groups is 1. The molecule has 0 aromatic carbocycles. The first-order valence-corrected chi connectivity index (χ1v) is 13.1. The lowest BCUT2D eigenvalue weighted by Gasteiger charge is -2.26. The zero-order valence-corrected chi connectivity index (χ0v) is 19.8. The van der Waals surface area contributed by atoms with E-state index in [1.165, 1.54) is 57.8 Å². The number of aliphatic carboxylic acids is 1. The number of carboxylic acids is 1. The molecule has 0 aliphatic heterocycles. The van der Waals surface area contributed by atoms with Gasteiger partial charge in [0, 0.05) is 33.9 Å². The maximum absolute atomic E-state index is 10.9. The minimum absolute atomic E-state index is 0.194. The zero-order chi connectivity index (χ0) is 21.1. The van der Waals surface area contributed by atoms with Crippen molar-refractivity contribution in [2.45, 2.75) is 90.0 Å². The molecule has 0 bridgehead atoms. The maximum atomic E-state index is 10.9. The number of carboxylic acid groups (broad SMARTS) is 1. The lowest BCUT2D eigenvalue weighted by Crippen LogP contribution is -2.43. The lowest BCUT2D eigenvalue weighted by atomic mass is 10.1. The Bertz CT molecular complexity index is 358. The highest BCUT2D eigenvalue weighted by molar-refractivity contribution is 6.60. The topological polar surface area (TPSA) is 68.2 Å². The molecule has 6 nitrogen and oxygen atoms in total. The largest absolute Gasteiger partial charge is 0.500 e. The number of rotatable bonds is 21. The first-order valence-electron chi connectivity index (χ1n) is 11.1. The third-order valence-electron chi connectivity index (χ3n) is 5.36. The summed E-state index contributed by atoms with van der Waals surface area (Å²) in [7, 11) is 2.35. The van der Waals surface area contributed by atoms with Crippen molar-refractivity contribution in [2.75, 3.05) is 41.0 Å². The van der Waals surface area contributed by atoms with E-state index in [-0.39, 0.29) is 6.42 Å². The van der Waals surface area contributed by atoms with E-state index >= 15 is 0 Å². The quantitative estimate of drug-likeness (QED) is 0.210. The van der Waals surface area contributed by atoms with Crippen LogP contribution in [0.5, 0.6) is 0 Å². The van der Waals surface area contributed by atoms with Crippen molar-refractivity contribution < 1.29 is 23.2 Å². The summed E-state index contributed by atoms with van der Waals surface area (Å²) in [4.78, 5) is 13.2. The van der Waals surface area contributed by atoms with Crippen molar-refractivity contribution in [1.82, 2.24) is 4.90 Å². The molecule has 0 aliphatic carbocycles. The van der Waals surface area contributed by atoms with Crippen molar-refractivity contribution >= 4 is 14.8 Å². The van der Waals surface area contributed by atoms with E-state index in [9.17, 15) is 4.79 Å². The molecule has 0 aromatic heterocycles. The van der Waals surface area contributed by atoms with Crippen molar-refractivity contribution in [2.24, 2.45) is 0 Å². The van der Waals surface area contributed by atoms with Crippen LogP contribution in [0.25, 0.3) is 0 Å². The normalized spacial score (nSPS) is 12.0. The first kappa shape index (κ1) is 27.5. The summed E-state index contributed by atoms with van der Waals surface area (Å²) < 4.78 is 16.4. The fourth-order valence-corrected chi connectivity index (χ4v) is 5.19. The van der Waals surface area contributed by atoms with Gasteiger partial charge in [-0.1, -0.05) is 64.7 Å². The van der Waals surface area contributed by atoms with Crippen molar-refractivity contribution in [3.05, 3.63) is 0 Å². The van der Waals surface area contributed by atoms with Crippen LogP contribution in [0.2, 0.25) is 6.04 Å². The van der Waals surface area contributed by atoms with Crippen LogP contribution in [-0.4, -0.2) is 65.7 Å². The van der Waals surface area contributed by atoms with Crippen LogP contribution in [0, 0.1) is 0 Å². The Morgan fingerprint density at radius 2 is 1.21 bits per heavy atom. The predicted molar refractivity (Wildman–Crippen MR) is 117 cm³/mol. The molecule has 0 fully saturated rings. The van der Waals surface area contributed by atoms with Gasteiger partial charge in [0.2, 0.25) is 0 Å². The van der Waals surface area contributed by atoms with Gasteiger partial charge in [-0.3, -0.25) is 4.79 Å². The van der Waals surface area contributed by atoms with E-state index in [0.29, 0.717) is 6.54 Å². The molecule has 0 rings (SSSR count). The molecular weight excluding hydrogens is 374 g/mol. The number of hydrogen-bond acceptors (Lipinski definition) is 5. The highest BCUT2D eigenvalue weighted by Gasteiger charge is 2.37. The van der Waals surface area contributed by atoms with Gasteiger partial charge in [0.25, 0.3) is 0 Å². The van der Waals surface area contributed by atoms with Gasteiger partial charge in [0.15, 0.2) is 0 Å². The molecule has 0 radical (unpaired) electrons. The second-order valence-electron chi connectivity index (χ2n) is 7.57. The summed E-state index contributed by atoms with van der Waals surface area (Å²) in [6.07, 6.45) is 14.2. The average molecular weight is 420 g/mol. The number of nitrogens with zero attached hydrogens (tertiary/aromatic N) is 1. The van der Waals surface area contributed by atoms with Crippen LogP contribution in [0.1, 0.15) is 84.0 Å². The summed E-state index contributed by atoms with van der Waals surface area (Å²) in [5.74, 6) is -0.734. The molecule has 0 saturated heterocycles. The second-order valence-corrected chi connectivity index (χ2v) is 10.7. The van der Waals surface area contributed by atoms with Crippen LogP contribution in [0.15, 0.2) is 0 Å². The van der Waals surface area contributed by atoms with Crippen LogP contribution in [-0.2, 0) is 18.1 Å². The van der Waals surface area contributed by atoms with E-state index in [0.717, 1.165) is 32.0 Å². The summed E-state index contributed by atoms with van der Waals surface area (Å²) in [5, 5.41) is 9.00. The third-order valence-corrected chi connectivity index (χ3v) is 8.19. The summed E-state index contributed by atoms with van der Waals surface area (Å²) in [5.41, 5.74) is 0. The Kier molecular flexibility index (Phi) is 18.2. The Morgan fingerprint density at radius 1 is 0.750 bits per heavy atom. The fourth-order valence-electron chi connectivity index (χ4n) is 3.49. The van der Waals surface area contributed by atoms with Gasteiger partial charge in [-0.2, -0.15) is 0 Å². The van der Waals surface area contributed by atoms with Crippen molar-refractivity contribution in [3.8, 4) is 0 Å². The van der Waals surface area contributed by atoms with Crippen molar-refractivity contribution in [1.29, 1.82) is 0 Å². The zero-order valence-electron chi connectivity index (χ0n) is 18.8. The molecular formula is C21H45NO5Si. The van der Waals surface area contributed by atoms with Gasteiger partial charge in [0.1, 0.15) is 0 Å². The molecule has 0 saturated carbocycles. The molecule has 0 heterocycles. The van der Waals surface area contributed by atoms with Gasteiger partial charge in [-0.15, -0.1) is 0 Å². The molecule has 1 N–H and O–H groups in total. The second kappa shape index (κ2) is 18.5. The average Bonchev–Trinajstić information content (AvgIpc) is 2.70. The summed E-state index contributed by atoms with van der Waals surface area (Å²) >= 11 is 0. The van der Waals surface area contributed by atoms with E-state index < -0.39 is 14.8 Å². The monoisotopic (exact) mass is 419 g/mol. The predicted octanol–water partition coefficient (Wildman–Crippen LogP) is 4.95. The minimum Gasteiger partial charge on any atom is -0.481 e. The summed E-state index contributed by atoms with van der Waals surface area (Å²) in [6.45, 7) is 4.68. The lowest BCUT2D eigenvalue weighted by molar-refractivity contribution is -0.137. The van der Waals surface area contributed by atoms with Crippen LogP contribution in [0.3, 0.4) is 0 Å². The van der Waals surface area contributed by atoms with E-state index in [1.54, 1.807) is 21.3 Å². The van der Waals surface area contributed by atoms with Gasteiger partial charge >= 0.3 is 14.8 Å². The van der Waals surface area contributed by atoms with Crippen LogP contribution >= 0.6 is 0 Å². The number of unbranched alkanes of at least 4 members (excludes halogenated alkanes) is 9. The minimum atomic E-state index is -2.54. The molecule has 0 aliphatic rings. The third kappa shape index (κ3) is 14.5. The number of hydrogen-bond donors (Lipinski definition) is 1. The fraction of sp³-hybridized carbons (Fsp3) is 0.952. The highest BCUT2D eigenvalue weighted by atomic mass is 28.4. The van der Waals surface area contributed by atoms with E-state index in [1.807, 2.05) is 0 Å². The standard InChI is InChI=1S/C21H45NO5Si/c1-5-6-7-8-9-10-11-12-13-14-17-22(19-16-21(23)24)18-15-20-28(25-2,26-3)27-4/h5-20H2,1-4H3,(H,23,24). The molecule has 0 spiro atoms. The highest BCUT2D eigenvalue weighted by Crippen LogP contribution is 2.16. The molecule has 0 unspecified atom stereocenters. The van der Waals surface area contributed by atoms with Gasteiger partial charge < -0.3 is 23.3 Å². The first-order chi connectivity index (χ1) is 13.5. The van der Waals surface area contributed by atoms with Gasteiger partial charge in [-0.05, 0) is 25.9 Å². The van der Waals surface area contributed by atoms with Gasteiger partial charge in [0.05, 0.1) is 6.42 Å². The Labute approximate surface area is 174 Å². The van der Waals surface area contributed by atoms with Gasteiger partial charge in [-0.25, -0.2) is 0 Å². The molecule has 0 atom stereocenters. The Balaban J connectivity index is 4.00. The smallest absolute Gasteiger partial charge is 0.481 e. The van der Waals surface area contributed by atoms with Crippen LogP contribution < -0.4 is 0 Å². The molecule has 7 heteroatoms. The molecule has 0 amide bonds. The van der Waals surface area contributed by atoms with Crippen LogP contribution in [0.4, 0.5) is 0 Å². The molecule has 168 valence electrons. The maximum Gasteiger partial charge on any atom is 0.500 e. The van der Waals surface area contributed by atoms with Crippen molar-refractivity contribution in [3.63, 3.8) is 0 Å². The molecule has 28 heavy (non-hydrogen) atoms.